The van der Waals surface area contributed by atoms with Gasteiger partial charge in [-0.3, -0.25) is 14.4 Å². The Hall–Kier alpha value is -2.48. The molecule has 32 heavy (non-hydrogen) atoms. The van der Waals surface area contributed by atoms with Crippen molar-refractivity contribution in [3.8, 4) is 0 Å². The van der Waals surface area contributed by atoms with Crippen LogP contribution in [0.1, 0.15) is 50.5 Å². The van der Waals surface area contributed by atoms with E-state index in [4.69, 9.17) is 0 Å². The van der Waals surface area contributed by atoms with Gasteiger partial charge in [-0.25, -0.2) is 4.39 Å². The van der Waals surface area contributed by atoms with Crippen LogP contribution in [0.4, 0.5) is 4.39 Å². The summed E-state index contributed by atoms with van der Waals surface area (Å²) < 4.78 is 14.0. The molecule has 2 aliphatic rings. The van der Waals surface area contributed by atoms with Gasteiger partial charge in [0.2, 0.25) is 11.8 Å². The minimum absolute atomic E-state index is 0.0178. The number of likely N-dealkylation sites (tertiary alicyclic amines) is 1. The molecule has 176 valence electrons. The van der Waals surface area contributed by atoms with Gasteiger partial charge in [0.15, 0.2) is 0 Å². The Labute approximate surface area is 188 Å². The lowest BCUT2D eigenvalue weighted by atomic mass is 9.86. The van der Waals surface area contributed by atoms with E-state index in [9.17, 15) is 23.9 Å². The molecular formula is C24H34FN3O4. The fraction of sp³-hybridized carbons (Fsp3) is 0.625. The number of benzene rings is 1. The van der Waals surface area contributed by atoms with Gasteiger partial charge < -0.3 is 20.6 Å². The Bertz CT molecular complexity index is 797. The highest BCUT2D eigenvalue weighted by Crippen LogP contribution is 2.27. The van der Waals surface area contributed by atoms with Crippen LogP contribution in [0.2, 0.25) is 0 Å². The second kappa shape index (κ2) is 11.9. The van der Waals surface area contributed by atoms with Crippen molar-refractivity contribution in [2.75, 3.05) is 26.2 Å². The largest absolute Gasteiger partial charge is 0.481 e. The van der Waals surface area contributed by atoms with E-state index >= 15 is 0 Å². The van der Waals surface area contributed by atoms with E-state index in [1.807, 2.05) is 0 Å². The molecular weight excluding hydrogens is 413 g/mol. The first-order valence-electron chi connectivity index (χ1n) is 11.7. The van der Waals surface area contributed by atoms with Crippen LogP contribution < -0.4 is 10.6 Å². The third-order valence-electron chi connectivity index (χ3n) is 6.57. The minimum Gasteiger partial charge on any atom is -0.481 e. The predicted octanol–water partition coefficient (Wildman–Crippen LogP) is 2.35. The predicted molar refractivity (Wildman–Crippen MR) is 118 cm³/mol. The Balaban J connectivity index is 1.52. The molecule has 7 nitrogen and oxygen atoms in total. The minimum atomic E-state index is -1.07. The number of piperidine rings is 2. The quantitative estimate of drug-likeness (QED) is 0.511. The van der Waals surface area contributed by atoms with E-state index in [0.29, 0.717) is 18.0 Å². The van der Waals surface area contributed by atoms with Gasteiger partial charge >= 0.3 is 5.97 Å². The zero-order valence-electron chi connectivity index (χ0n) is 18.5. The third kappa shape index (κ3) is 7.29. The number of halogens is 1. The van der Waals surface area contributed by atoms with Crippen molar-refractivity contribution in [2.45, 2.75) is 57.4 Å². The van der Waals surface area contributed by atoms with Gasteiger partial charge in [0, 0.05) is 18.5 Å². The molecule has 3 N–H and O–H groups in total. The van der Waals surface area contributed by atoms with Crippen LogP contribution in [0.15, 0.2) is 24.3 Å². The monoisotopic (exact) mass is 447 g/mol. The number of amides is 2. The molecule has 0 bridgehead atoms. The first-order chi connectivity index (χ1) is 15.4. The Morgan fingerprint density at radius 1 is 1.19 bits per heavy atom. The highest BCUT2D eigenvalue weighted by atomic mass is 19.1. The van der Waals surface area contributed by atoms with Crippen molar-refractivity contribution >= 4 is 17.8 Å². The van der Waals surface area contributed by atoms with Gasteiger partial charge in [0.1, 0.15) is 5.82 Å². The van der Waals surface area contributed by atoms with Crippen LogP contribution in [0.3, 0.4) is 0 Å². The van der Waals surface area contributed by atoms with Gasteiger partial charge in [-0.05, 0) is 75.6 Å². The summed E-state index contributed by atoms with van der Waals surface area (Å²) >= 11 is 0. The number of rotatable bonds is 10. The van der Waals surface area contributed by atoms with Gasteiger partial charge in [-0.2, -0.15) is 0 Å². The van der Waals surface area contributed by atoms with Gasteiger partial charge in [0.25, 0.3) is 0 Å². The molecule has 2 atom stereocenters. The van der Waals surface area contributed by atoms with E-state index in [2.05, 4.69) is 10.6 Å². The number of carbonyl (C=O) groups is 3. The number of carboxylic acids is 1. The first kappa shape index (κ1) is 24.2. The van der Waals surface area contributed by atoms with Crippen molar-refractivity contribution in [1.82, 2.24) is 15.5 Å². The van der Waals surface area contributed by atoms with Crippen LogP contribution in [0.5, 0.6) is 0 Å². The lowest BCUT2D eigenvalue weighted by Gasteiger charge is -2.33. The van der Waals surface area contributed by atoms with Gasteiger partial charge in [-0.15, -0.1) is 0 Å². The molecule has 1 aromatic rings. The van der Waals surface area contributed by atoms with Gasteiger partial charge in [0.05, 0.1) is 13.0 Å². The SMILES string of the molecule is O=C(O)CC(Cc1ccccc1F)NC(=O)CN1CCC[C@@H](CCC2CCNCC2)C1=O. The second-order valence-electron chi connectivity index (χ2n) is 9.03. The molecule has 2 aliphatic heterocycles. The maximum absolute atomic E-state index is 14.0. The van der Waals surface area contributed by atoms with Crippen LogP contribution in [0, 0.1) is 17.7 Å². The van der Waals surface area contributed by atoms with Crippen LogP contribution in [-0.2, 0) is 20.8 Å². The molecule has 1 unspecified atom stereocenters. The summed E-state index contributed by atoms with van der Waals surface area (Å²) in [6, 6.07) is 5.39. The number of carboxylic acid groups (broad SMARTS) is 1. The molecule has 2 amide bonds. The van der Waals surface area contributed by atoms with Crippen molar-refractivity contribution < 1.29 is 23.9 Å². The molecule has 1 aromatic carbocycles. The number of hydrogen-bond acceptors (Lipinski definition) is 4. The lowest BCUT2D eigenvalue weighted by Crippen LogP contribution is -2.49. The summed E-state index contributed by atoms with van der Waals surface area (Å²) in [7, 11) is 0. The summed E-state index contributed by atoms with van der Waals surface area (Å²) in [5.74, 6) is -1.26. The molecule has 2 fully saturated rings. The first-order valence-corrected chi connectivity index (χ1v) is 11.7. The summed E-state index contributed by atoms with van der Waals surface area (Å²) in [4.78, 5) is 38.4. The smallest absolute Gasteiger partial charge is 0.305 e. The van der Waals surface area contributed by atoms with Crippen LogP contribution >= 0.6 is 0 Å². The molecule has 0 spiro atoms. The Morgan fingerprint density at radius 2 is 1.94 bits per heavy atom. The fourth-order valence-corrected chi connectivity index (χ4v) is 4.81. The number of aliphatic carboxylic acids is 1. The van der Waals surface area contributed by atoms with E-state index in [1.54, 1.807) is 23.1 Å². The fourth-order valence-electron chi connectivity index (χ4n) is 4.81. The number of carbonyl (C=O) groups excluding carboxylic acids is 2. The molecule has 8 heteroatoms. The van der Waals surface area contributed by atoms with E-state index < -0.39 is 23.7 Å². The highest BCUT2D eigenvalue weighted by molar-refractivity contribution is 5.86. The zero-order valence-corrected chi connectivity index (χ0v) is 18.5. The third-order valence-corrected chi connectivity index (χ3v) is 6.57. The lowest BCUT2D eigenvalue weighted by molar-refractivity contribution is -0.143. The average Bonchev–Trinajstić information content (AvgIpc) is 2.76. The van der Waals surface area contributed by atoms with Gasteiger partial charge in [-0.1, -0.05) is 18.2 Å². The summed E-state index contributed by atoms with van der Waals surface area (Å²) in [5.41, 5.74) is 0.353. The van der Waals surface area contributed by atoms with Crippen LogP contribution in [-0.4, -0.2) is 60.0 Å². The average molecular weight is 448 g/mol. The van der Waals surface area contributed by atoms with E-state index in [0.717, 1.165) is 51.6 Å². The maximum atomic E-state index is 14.0. The highest BCUT2D eigenvalue weighted by Gasteiger charge is 2.31. The molecule has 0 aromatic heterocycles. The Morgan fingerprint density at radius 3 is 2.66 bits per heavy atom. The summed E-state index contributed by atoms with van der Waals surface area (Å²) in [6.45, 7) is 2.53. The number of nitrogens with one attached hydrogen (secondary N) is 2. The Kier molecular flexibility index (Phi) is 9.02. The van der Waals surface area contributed by atoms with Crippen molar-refractivity contribution in [3.63, 3.8) is 0 Å². The van der Waals surface area contributed by atoms with Crippen molar-refractivity contribution in [3.05, 3.63) is 35.6 Å². The zero-order chi connectivity index (χ0) is 22.9. The van der Waals surface area contributed by atoms with Crippen molar-refractivity contribution in [2.24, 2.45) is 11.8 Å². The standard InChI is InChI=1S/C24H34FN3O4/c25-21-6-2-1-4-19(21)14-20(15-23(30)31)27-22(29)16-28-13-3-5-18(24(28)32)8-7-17-9-11-26-12-10-17/h1-2,4,6,17-18,20,26H,3,5,7-16H2,(H,27,29)(H,30,31)/t18-,20?/m0/s1. The normalized spacial score (nSPS) is 20.7. The second-order valence-corrected chi connectivity index (χ2v) is 9.03. The summed E-state index contributed by atoms with van der Waals surface area (Å²) in [5, 5.41) is 15.3. The van der Waals surface area contributed by atoms with E-state index in [-0.39, 0.29) is 31.2 Å². The molecule has 0 aliphatic carbocycles. The summed E-state index contributed by atoms with van der Waals surface area (Å²) in [6.07, 6.45) is 5.70. The molecule has 2 heterocycles. The number of nitrogens with zero attached hydrogens (tertiary/aromatic N) is 1. The van der Waals surface area contributed by atoms with Crippen molar-refractivity contribution in [1.29, 1.82) is 0 Å². The molecule has 3 rings (SSSR count). The molecule has 0 radical (unpaired) electrons. The molecule has 2 saturated heterocycles. The maximum Gasteiger partial charge on any atom is 0.305 e. The number of hydrogen-bond donors (Lipinski definition) is 3. The van der Waals surface area contributed by atoms with Crippen LogP contribution in [0.25, 0.3) is 0 Å². The molecule has 0 saturated carbocycles. The topological polar surface area (TPSA) is 98.7 Å². The van der Waals surface area contributed by atoms with E-state index in [1.165, 1.54) is 6.07 Å².